The van der Waals surface area contributed by atoms with Crippen LogP contribution < -0.4 is 0 Å². The van der Waals surface area contributed by atoms with Crippen LogP contribution in [0, 0.1) is 0 Å². The summed E-state index contributed by atoms with van der Waals surface area (Å²) in [4.78, 5) is 0. The van der Waals surface area contributed by atoms with Gasteiger partial charge in [0.25, 0.3) is 0 Å². The third-order valence-corrected chi connectivity index (χ3v) is 0.565. The Morgan fingerprint density at radius 1 is 0.643 bits per heavy atom. The van der Waals surface area contributed by atoms with Gasteiger partial charge >= 0.3 is 24.8 Å². The first kappa shape index (κ1) is 12.8. The van der Waals surface area contributed by atoms with E-state index >= 15 is 0 Å². The summed E-state index contributed by atoms with van der Waals surface area (Å²) in [6, 6.07) is -6.32. The number of hydrogen-bond donors (Lipinski definition) is 0. The molecule has 0 unspecified atom stereocenters. The zero-order valence-electron chi connectivity index (χ0n) is 5.84. The van der Waals surface area contributed by atoms with Gasteiger partial charge < -0.3 is 9.47 Å². The fourth-order valence-corrected chi connectivity index (χ4v) is 0.283. The molecule has 0 saturated heterocycles. The molecule has 0 rings (SSSR count). The van der Waals surface area contributed by atoms with Crippen LogP contribution in [0.2, 0.25) is 0 Å². The minimum absolute atomic E-state index is 2.16. The van der Waals surface area contributed by atoms with Gasteiger partial charge in [-0.25, -0.2) is 0 Å². The summed E-state index contributed by atoms with van der Waals surface area (Å²) in [7, 11) is 0. The highest BCUT2D eigenvalue weighted by Crippen LogP contribution is 2.28. The van der Waals surface area contributed by atoms with Crippen molar-refractivity contribution in [3.05, 3.63) is 12.0 Å². The maximum atomic E-state index is 11.8. The topological polar surface area (TPSA) is 18.5 Å². The van der Waals surface area contributed by atoms with E-state index in [4.69, 9.17) is 0 Å². The van der Waals surface area contributed by atoms with Gasteiger partial charge in [-0.1, -0.05) is 0 Å². The number of rotatable bonds is 2. The maximum Gasteiger partial charge on any atom is 0.574 e. The summed E-state index contributed by atoms with van der Waals surface area (Å²) in [6.45, 7) is 0. The van der Waals surface area contributed by atoms with Crippen molar-refractivity contribution in [2.24, 2.45) is 0 Å². The van der Waals surface area contributed by atoms with Crippen molar-refractivity contribution in [3.8, 4) is 0 Å². The van der Waals surface area contributed by atoms with Gasteiger partial charge in [0.2, 0.25) is 0 Å². The zero-order valence-corrected chi connectivity index (χ0v) is 5.84. The summed E-state index contributed by atoms with van der Waals surface area (Å²) in [6.07, 6.45) is -11.3. The Balaban J connectivity index is 4.45. The Labute approximate surface area is 70.7 Å². The van der Waals surface area contributed by atoms with Crippen LogP contribution in [0.4, 0.5) is 35.1 Å². The van der Waals surface area contributed by atoms with Gasteiger partial charge in [0.1, 0.15) is 0 Å². The van der Waals surface area contributed by atoms with Crippen LogP contribution in [0.3, 0.4) is 0 Å². The Morgan fingerprint density at radius 3 is 1.00 bits per heavy atom. The lowest BCUT2D eigenvalue weighted by molar-refractivity contribution is -0.334. The molecule has 0 fully saturated rings. The molecule has 0 atom stereocenters. The number of alkyl halides is 6. The molecule has 0 aliphatic carbocycles. The summed E-state index contributed by atoms with van der Waals surface area (Å²) in [5.74, 6) is 0. The first-order valence-electron chi connectivity index (χ1n) is 2.58. The second-order valence-electron chi connectivity index (χ2n) is 1.64. The Morgan fingerprint density at radius 2 is 0.857 bits per heavy atom. The minimum Gasteiger partial charge on any atom is -0.374 e. The monoisotopic (exact) mass is 232 g/mol. The summed E-state index contributed by atoms with van der Waals surface area (Å²) < 4.78 is 94.4. The van der Waals surface area contributed by atoms with E-state index < -0.39 is 24.8 Å². The van der Waals surface area contributed by atoms with Gasteiger partial charge in [-0.3, -0.25) is 0 Å². The highest BCUT2D eigenvalue weighted by Gasteiger charge is 2.38. The normalized spacial score (nSPS) is 14.9. The average molecular weight is 232 g/mol. The van der Waals surface area contributed by atoms with Crippen LogP contribution in [0.25, 0.3) is 0 Å². The average Bonchev–Trinajstić information content (AvgIpc) is 1.78. The van der Waals surface area contributed by atoms with Crippen LogP contribution >= 0.6 is 0 Å². The van der Waals surface area contributed by atoms with E-state index in [1.807, 2.05) is 0 Å². The van der Waals surface area contributed by atoms with Gasteiger partial charge in [-0.2, -0.15) is 8.78 Å². The predicted molar refractivity (Wildman–Crippen MR) is 23.5 cm³/mol. The minimum atomic E-state index is -5.64. The summed E-state index contributed by atoms with van der Waals surface area (Å²) in [5.41, 5.74) is 0. The smallest absolute Gasteiger partial charge is 0.374 e. The van der Waals surface area contributed by atoms with E-state index in [2.05, 4.69) is 9.47 Å². The highest BCUT2D eigenvalue weighted by molar-refractivity contribution is 4.83. The summed E-state index contributed by atoms with van der Waals surface area (Å²) in [5, 5.41) is 0. The van der Waals surface area contributed by atoms with Crippen LogP contribution in [0.5, 0.6) is 0 Å². The van der Waals surface area contributed by atoms with E-state index in [-0.39, 0.29) is 0 Å². The van der Waals surface area contributed by atoms with Crippen LogP contribution in [-0.2, 0) is 9.47 Å². The number of halogens is 8. The van der Waals surface area contributed by atoms with Crippen molar-refractivity contribution < 1.29 is 44.6 Å². The Kier molecular flexibility index (Phi) is 3.54. The number of hydrogen-bond acceptors (Lipinski definition) is 2. The van der Waals surface area contributed by atoms with Crippen LogP contribution in [0.15, 0.2) is 12.0 Å². The van der Waals surface area contributed by atoms with E-state index in [1.165, 1.54) is 0 Å². The van der Waals surface area contributed by atoms with Crippen LogP contribution in [0.1, 0.15) is 0 Å². The molecule has 0 bridgehead atoms. The van der Waals surface area contributed by atoms with E-state index in [0.29, 0.717) is 0 Å². The first-order valence-corrected chi connectivity index (χ1v) is 2.58. The second kappa shape index (κ2) is 3.88. The molecular formula is C4F8O2. The quantitative estimate of drug-likeness (QED) is 0.537. The lowest BCUT2D eigenvalue weighted by atomic mass is 10.9. The van der Waals surface area contributed by atoms with Crippen molar-refractivity contribution in [1.29, 1.82) is 0 Å². The molecule has 0 spiro atoms. The van der Waals surface area contributed by atoms with E-state index in [9.17, 15) is 35.1 Å². The molecular weight excluding hydrogens is 232 g/mol. The maximum absolute atomic E-state index is 11.8. The molecule has 0 radical (unpaired) electrons. The Hall–Kier alpha value is -1.22. The molecule has 14 heavy (non-hydrogen) atoms. The molecule has 10 heteroatoms. The molecule has 0 N–H and O–H groups in total. The molecule has 0 aliphatic heterocycles. The predicted octanol–water partition coefficient (Wildman–Crippen LogP) is 3.12. The SMILES string of the molecule is FC(OC(F)(F)F)=C(F)OC(F)(F)F. The van der Waals surface area contributed by atoms with Crippen LogP contribution in [-0.4, -0.2) is 12.7 Å². The van der Waals surface area contributed by atoms with Crippen molar-refractivity contribution in [2.45, 2.75) is 12.7 Å². The second-order valence-corrected chi connectivity index (χ2v) is 1.64. The molecule has 0 aliphatic rings. The molecule has 2 nitrogen and oxygen atoms in total. The largest absolute Gasteiger partial charge is 0.574 e. The zero-order chi connectivity index (χ0) is 11.6. The third kappa shape index (κ3) is 6.31. The van der Waals surface area contributed by atoms with E-state index in [0.717, 1.165) is 0 Å². The molecule has 0 aromatic carbocycles. The standard InChI is InChI=1S/C4F8O2/c5-1(13-3(7,8)9)2(6)14-4(10,11)12. The first-order chi connectivity index (χ1) is 6.01. The molecule has 0 saturated carbocycles. The summed E-state index contributed by atoms with van der Waals surface area (Å²) >= 11 is 0. The van der Waals surface area contributed by atoms with Crippen molar-refractivity contribution in [1.82, 2.24) is 0 Å². The lowest BCUT2D eigenvalue weighted by Gasteiger charge is -2.08. The van der Waals surface area contributed by atoms with Crippen molar-refractivity contribution >= 4 is 0 Å². The third-order valence-electron chi connectivity index (χ3n) is 0.565. The Bertz CT molecular complexity index is 200. The fourth-order valence-electron chi connectivity index (χ4n) is 0.283. The fraction of sp³-hybridized carbons (Fsp3) is 0.500. The molecule has 84 valence electrons. The van der Waals surface area contributed by atoms with Crippen molar-refractivity contribution in [2.75, 3.05) is 0 Å². The molecule has 0 heterocycles. The van der Waals surface area contributed by atoms with Gasteiger partial charge in [-0.15, -0.1) is 26.3 Å². The van der Waals surface area contributed by atoms with Gasteiger partial charge in [-0.05, 0) is 0 Å². The van der Waals surface area contributed by atoms with Gasteiger partial charge in [0.05, 0.1) is 0 Å². The number of ether oxygens (including phenoxy) is 2. The highest BCUT2D eigenvalue weighted by atomic mass is 19.4. The lowest BCUT2D eigenvalue weighted by Crippen LogP contribution is -2.16. The molecule has 0 aromatic rings. The van der Waals surface area contributed by atoms with Gasteiger partial charge in [0, 0.05) is 0 Å². The van der Waals surface area contributed by atoms with Crippen molar-refractivity contribution in [3.63, 3.8) is 0 Å². The molecule has 0 aromatic heterocycles. The van der Waals surface area contributed by atoms with Gasteiger partial charge in [0.15, 0.2) is 0 Å². The van der Waals surface area contributed by atoms with E-state index in [1.54, 1.807) is 0 Å². The molecule has 0 amide bonds.